The summed E-state index contributed by atoms with van der Waals surface area (Å²) in [5, 5.41) is 0. The van der Waals surface area contributed by atoms with Gasteiger partial charge >= 0.3 is 29.8 Å². The van der Waals surface area contributed by atoms with Crippen molar-refractivity contribution in [2.45, 2.75) is 104 Å². The second-order valence-electron chi connectivity index (χ2n) is 13.5. The standard InChI is InChI=1S/C36H44O11/c1-19-26-15-27(43-21(3)37)20(2)32(19)33(45-23(5)39)34(46-24(6)40)35(7)28(16-26)36(18-42-36)30(17-29(35)44-22(4)38)47-31(41)14-13-25-11-9-8-10-12-25/h8-14,19,26-30,33-34H,15-18H2,1-7H3/b14-13+/t19-,26+,27+,28+,29+,30+,33-,34+,35+,36-/m1/s1. The Bertz CT molecular complexity index is 1470. The van der Waals surface area contributed by atoms with Gasteiger partial charge in [-0.3, -0.25) is 19.2 Å². The predicted molar refractivity (Wildman–Crippen MR) is 167 cm³/mol. The fourth-order valence-corrected chi connectivity index (χ4v) is 8.40. The van der Waals surface area contributed by atoms with Gasteiger partial charge in [-0.15, -0.1) is 0 Å². The van der Waals surface area contributed by atoms with Crippen LogP contribution in [0.15, 0.2) is 47.6 Å². The van der Waals surface area contributed by atoms with Crippen LogP contribution in [0.25, 0.3) is 6.08 Å². The van der Waals surface area contributed by atoms with Crippen LogP contribution in [-0.2, 0) is 52.4 Å². The zero-order chi connectivity index (χ0) is 34.3. The number of ether oxygens (including phenoxy) is 6. The third-order valence-corrected chi connectivity index (χ3v) is 10.5. The third kappa shape index (κ3) is 6.72. The van der Waals surface area contributed by atoms with Gasteiger partial charge in [0, 0.05) is 46.1 Å². The highest BCUT2D eigenvalue weighted by Crippen LogP contribution is 2.63. The van der Waals surface area contributed by atoms with E-state index in [1.165, 1.54) is 33.8 Å². The fraction of sp³-hybridized carbons (Fsp3) is 0.583. The molecule has 0 unspecified atom stereocenters. The fourth-order valence-electron chi connectivity index (χ4n) is 8.40. The molecule has 254 valence electrons. The van der Waals surface area contributed by atoms with Gasteiger partial charge in [0.1, 0.15) is 23.9 Å². The molecule has 0 N–H and O–H groups in total. The second-order valence-corrected chi connectivity index (χ2v) is 13.5. The molecule has 1 aliphatic heterocycles. The third-order valence-electron chi connectivity index (χ3n) is 10.5. The van der Waals surface area contributed by atoms with Gasteiger partial charge in [-0.25, -0.2) is 4.79 Å². The predicted octanol–water partition coefficient (Wildman–Crippen LogP) is 4.51. The number of esters is 5. The Labute approximate surface area is 274 Å². The van der Waals surface area contributed by atoms with Gasteiger partial charge in [-0.1, -0.05) is 44.2 Å². The van der Waals surface area contributed by atoms with Crippen molar-refractivity contribution in [1.82, 2.24) is 0 Å². The van der Waals surface area contributed by atoms with Crippen molar-refractivity contribution in [3.05, 3.63) is 53.1 Å². The van der Waals surface area contributed by atoms with Crippen LogP contribution in [0.4, 0.5) is 0 Å². The normalized spacial score (nSPS) is 36.0. The number of rotatable bonds is 7. The quantitative estimate of drug-likeness (QED) is 0.135. The van der Waals surface area contributed by atoms with E-state index in [0.717, 1.165) is 11.1 Å². The maximum atomic E-state index is 13.2. The maximum absolute atomic E-state index is 13.2. The first kappa shape index (κ1) is 34.3. The van der Waals surface area contributed by atoms with E-state index >= 15 is 0 Å². The summed E-state index contributed by atoms with van der Waals surface area (Å²) in [4.78, 5) is 63.6. The summed E-state index contributed by atoms with van der Waals surface area (Å²) in [6.45, 7) is 11.2. The summed E-state index contributed by atoms with van der Waals surface area (Å²) < 4.78 is 36.3. The summed E-state index contributed by atoms with van der Waals surface area (Å²) in [5.41, 5.74) is 0.105. The van der Waals surface area contributed by atoms with Crippen LogP contribution in [-0.4, -0.2) is 72.6 Å². The van der Waals surface area contributed by atoms with Crippen LogP contribution >= 0.6 is 0 Å². The minimum absolute atomic E-state index is 0.0658. The van der Waals surface area contributed by atoms with E-state index in [0.29, 0.717) is 18.4 Å². The molecule has 11 nitrogen and oxygen atoms in total. The first-order valence-electron chi connectivity index (χ1n) is 16.1. The van der Waals surface area contributed by atoms with Gasteiger partial charge in [-0.05, 0) is 54.4 Å². The largest absolute Gasteiger partial charge is 0.462 e. The van der Waals surface area contributed by atoms with Gasteiger partial charge < -0.3 is 28.4 Å². The van der Waals surface area contributed by atoms with Gasteiger partial charge in [0.25, 0.3) is 0 Å². The van der Waals surface area contributed by atoms with Crippen LogP contribution in [0.5, 0.6) is 0 Å². The lowest BCUT2D eigenvalue weighted by Gasteiger charge is -2.58. The molecule has 1 saturated heterocycles. The van der Waals surface area contributed by atoms with Crippen LogP contribution in [0.1, 0.15) is 73.3 Å². The smallest absolute Gasteiger partial charge is 0.331 e. The average Bonchev–Trinajstić information content (AvgIpc) is 3.78. The minimum Gasteiger partial charge on any atom is -0.462 e. The molecule has 10 atom stereocenters. The molecule has 0 amide bonds. The van der Waals surface area contributed by atoms with Gasteiger partial charge in [0.15, 0.2) is 12.2 Å². The summed E-state index contributed by atoms with van der Waals surface area (Å²) in [5.74, 6) is -3.59. The lowest BCUT2D eigenvalue weighted by atomic mass is 9.50. The molecule has 3 aliphatic carbocycles. The molecule has 1 aromatic carbocycles. The molecular weight excluding hydrogens is 608 g/mol. The van der Waals surface area contributed by atoms with E-state index in [4.69, 9.17) is 28.4 Å². The highest BCUT2D eigenvalue weighted by molar-refractivity contribution is 5.87. The molecule has 0 radical (unpaired) electrons. The second kappa shape index (κ2) is 13.3. The van der Waals surface area contributed by atoms with Crippen molar-refractivity contribution < 1.29 is 52.4 Å². The Kier molecular flexibility index (Phi) is 9.69. The van der Waals surface area contributed by atoms with Crippen molar-refractivity contribution in [2.24, 2.45) is 23.2 Å². The van der Waals surface area contributed by atoms with Crippen molar-refractivity contribution in [3.8, 4) is 0 Å². The Morgan fingerprint density at radius 1 is 0.809 bits per heavy atom. The van der Waals surface area contributed by atoms with Crippen molar-refractivity contribution >= 4 is 35.9 Å². The zero-order valence-corrected chi connectivity index (χ0v) is 28.0. The van der Waals surface area contributed by atoms with Crippen molar-refractivity contribution in [1.29, 1.82) is 0 Å². The molecule has 1 heterocycles. The minimum atomic E-state index is -1.16. The monoisotopic (exact) mass is 652 g/mol. The molecule has 11 heteroatoms. The highest BCUT2D eigenvalue weighted by Gasteiger charge is 2.74. The van der Waals surface area contributed by atoms with Crippen LogP contribution < -0.4 is 0 Å². The first-order valence-corrected chi connectivity index (χ1v) is 16.1. The Hall–Kier alpha value is -3.99. The summed E-state index contributed by atoms with van der Waals surface area (Å²) in [6, 6.07) is 9.33. The Balaban J connectivity index is 1.64. The number of benzene rings is 1. The van der Waals surface area contributed by atoms with Gasteiger partial charge in [0.2, 0.25) is 0 Å². The molecule has 2 bridgehead atoms. The number of hydrogen-bond donors (Lipinski definition) is 0. The number of epoxide rings is 1. The summed E-state index contributed by atoms with van der Waals surface area (Å²) in [7, 11) is 0. The highest BCUT2D eigenvalue weighted by atomic mass is 16.6. The number of hydrogen-bond acceptors (Lipinski definition) is 11. The maximum Gasteiger partial charge on any atom is 0.331 e. The average molecular weight is 653 g/mol. The van der Waals surface area contributed by atoms with E-state index in [1.807, 2.05) is 51.1 Å². The number of carbonyl (C=O) groups is 5. The molecular formula is C36H44O11. The van der Waals surface area contributed by atoms with Crippen molar-refractivity contribution in [2.75, 3.05) is 6.61 Å². The molecule has 1 aromatic rings. The number of carbonyl (C=O) groups excluding carboxylic acids is 5. The van der Waals surface area contributed by atoms with Gasteiger partial charge in [-0.2, -0.15) is 0 Å². The molecule has 5 rings (SSSR count). The topological polar surface area (TPSA) is 144 Å². The zero-order valence-electron chi connectivity index (χ0n) is 28.0. The summed E-state index contributed by atoms with van der Waals surface area (Å²) >= 11 is 0. The Morgan fingerprint density at radius 3 is 2.00 bits per heavy atom. The van der Waals surface area contributed by atoms with E-state index in [9.17, 15) is 24.0 Å². The van der Waals surface area contributed by atoms with E-state index in [1.54, 1.807) is 6.08 Å². The van der Waals surface area contributed by atoms with E-state index in [2.05, 4.69) is 0 Å². The first-order chi connectivity index (χ1) is 22.2. The number of fused-ring (bicyclic) bond motifs is 4. The molecule has 0 aromatic heterocycles. The lowest BCUT2D eigenvalue weighted by Crippen LogP contribution is -2.68. The lowest BCUT2D eigenvalue weighted by molar-refractivity contribution is -0.233. The summed E-state index contributed by atoms with van der Waals surface area (Å²) in [6.07, 6.45) is -0.483. The molecule has 1 spiro atoms. The molecule has 2 saturated carbocycles. The van der Waals surface area contributed by atoms with E-state index < -0.39 is 77.3 Å². The van der Waals surface area contributed by atoms with Crippen LogP contribution in [0, 0.1) is 23.2 Å². The van der Waals surface area contributed by atoms with Crippen molar-refractivity contribution in [3.63, 3.8) is 0 Å². The molecule has 3 fully saturated rings. The van der Waals surface area contributed by atoms with Crippen LogP contribution in [0.2, 0.25) is 0 Å². The SMILES string of the molecule is CC(=O)O[C@H]1C[C@H]2C[C@@H]3[C@]4(CO4)[C@@H](OC(=O)/C=C/c4ccccc4)C[C@H](OC(C)=O)[C@@]3(C)[C@@H](OC(C)=O)[C@H](OC(C)=O)C(=C1C)[C@@H]2C. The van der Waals surface area contributed by atoms with Crippen LogP contribution in [0.3, 0.4) is 0 Å². The Morgan fingerprint density at radius 2 is 1.43 bits per heavy atom. The van der Waals surface area contributed by atoms with Gasteiger partial charge in [0.05, 0.1) is 12.0 Å². The van der Waals surface area contributed by atoms with E-state index in [-0.39, 0.29) is 24.9 Å². The molecule has 47 heavy (non-hydrogen) atoms. The molecule has 4 aliphatic rings.